The first kappa shape index (κ1) is 20.8. The molecule has 27 heavy (non-hydrogen) atoms. The highest BCUT2D eigenvalue weighted by Gasteiger charge is 2.17. The first-order valence-corrected chi connectivity index (χ1v) is 9.21. The first-order chi connectivity index (χ1) is 12.9. The lowest BCUT2D eigenvalue weighted by Crippen LogP contribution is -2.44. The zero-order chi connectivity index (χ0) is 19.8. The summed E-state index contributed by atoms with van der Waals surface area (Å²) < 4.78 is 11.0. The Morgan fingerprint density at radius 3 is 2.48 bits per heavy atom. The van der Waals surface area contributed by atoms with E-state index in [1.165, 1.54) is 11.1 Å². The highest BCUT2D eigenvalue weighted by molar-refractivity contribution is 5.81. The van der Waals surface area contributed by atoms with Crippen molar-refractivity contribution in [3.05, 3.63) is 59.2 Å². The second-order valence-corrected chi connectivity index (χ2v) is 6.90. The fraction of sp³-hybridized carbons (Fsp3) is 0.409. The van der Waals surface area contributed by atoms with E-state index >= 15 is 0 Å². The molecule has 0 aliphatic heterocycles. The van der Waals surface area contributed by atoms with Gasteiger partial charge in [0.05, 0.1) is 13.2 Å². The number of rotatable bonds is 9. The number of likely N-dealkylation sites (N-methyl/N-ethyl adjacent to an activating group) is 1. The van der Waals surface area contributed by atoms with E-state index in [9.17, 15) is 4.79 Å². The minimum absolute atomic E-state index is 0.00767. The van der Waals surface area contributed by atoms with Crippen LogP contribution in [0.1, 0.15) is 23.6 Å². The van der Waals surface area contributed by atoms with Gasteiger partial charge in [-0.25, -0.2) is 0 Å². The Kier molecular flexibility index (Phi) is 7.67. The molecule has 1 amide bonds. The molecule has 0 heterocycles. The van der Waals surface area contributed by atoms with E-state index in [0.29, 0.717) is 19.7 Å². The molecule has 0 saturated heterocycles. The van der Waals surface area contributed by atoms with Crippen molar-refractivity contribution < 1.29 is 14.3 Å². The van der Waals surface area contributed by atoms with E-state index in [4.69, 9.17) is 9.47 Å². The first-order valence-electron chi connectivity index (χ1n) is 9.21. The van der Waals surface area contributed by atoms with E-state index in [2.05, 4.69) is 25.2 Å². The van der Waals surface area contributed by atoms with E-state index in [1.54, 1.807) is 7.11 Å². The SMILES string of the molecule is COc1cccc(CNC(=O)C(C)N(C)CCOc2cc(C)cc(C)c2)c1. The lowest BCUT2D eigenvalue weighted by molar-refractivity contribution is -0.125. The van der Waals surface area contributed by atoms with Crippen molar-refractivity contribution in [1.82, 2.24) is 10.2 Å². The van der Waals surface area contributed by atoms with Crippen LogP contribution in [0.25, 0.3) is 0 Å². The predicted octanol–water partition coefficient (Wildman–Crippen LogP) is 3.33. The average molecular weight is 370 g/mol. The number of hydrogen-bond donors (Lipinski definition) is 1. The van der Waals surface area contributed by atoms with Crippen LogP contribution in [-0.4, -0.2) is 44.2 Å². The van der Waals surface area contributed by atoms with Crippen molar-refractivity contribution in [1.29, 1.82) is 0 Å². The summed E-state index contributed by atoms with van der Waals surface area (Å²) in [6.07, 6.45) is 0. The second kappa shape index (κ2) is 9.97. The number of ether oxygens (including phenoxy) is 2. The lowest BCUT2D eigenvalue weighted by atomic mass is 10.1. The van der Waals surface area contributed by atoms with Crippen LogP contribution in [0, 0.1) is 13.8 Å². The van der Waals surface area contributed by atoms with Gasteiger partial charge in [-0.15, -0.1) is 0 Å². The molecule has 5 nitrogen and oxygen atoms in total. The molecular weight excluding hydrogens is 340 g/mol. The lowest BCUT2D eigenvalue weighted by Gasteiger charge is -2.24. The molecule has 0 fully saturated rings. The van der Waals surface area contributed by atoms with Crippen LogP contribution in [0.4, 0.5) is 0 Å². The summed E-state index contributed by atoms with van der Waals surface area (Å²) in [7, 11) is 3.56. The molecule has 0 saturated carbocycles. The van der Waals surface area contributed by atoms with Crippen LogP contribution in [0.15, 0.2) is 42.5 Å². The van der Waals surface area contributed by atoms with Crippen LogP contribution >= 0.6 is 0 Å². The summed E-state index contributed by atoms with van der Waals surface area (Å²) in [6.45, 7) is 7.69. The fourth-order valence-electron chi connectivity index (χ4n) is 2.84. The third-order valence-electron chi connectivity index (χ3n) is 4.55. The standard InChI is InChI=1S/C22H30N2O3/c1-16-11-17(2)13-21(12-16)27-10-9-24(4)18(3)22(25)23-15-19-7-6-8-20(14-19)26-5/h6-8,11-14,18H,9-10,15H2,1-5H3,(H,23,25). The van der Waals surface area contributed by atoms with E-state index < -0.39 is 0 Å². The molecule has 146 valence electrons. The summed E-state index contributed by atoms with van der Waals surface area (Å²) in [6, 6.07) is 13.6. The van der Waals surface area contributed by atoms with Gasteiger partial charge in [0.1, 0.15) is 18.1 Å². The van der Waals surface area contributed by atoms with Crippen LogP contribution in [0.2, 0.25) is 0 Å². The van der Waals surface area contributed by atoms with Gasteiger partial charge in [-0.05, 0) is 68.8 Å². The Balaban J connectivity index is 1.77. The molecule has 1 atom stereocenters. The summed E-state index contributed by atoms with van der Waals surface area (Å²) in [5.74, 6) is 1.65. The third-order valence-corrected chi connectivity index (χ3v) is 4.55. The van der Waals surface area contributed by atoms with Crippen molar-refractivity contribution in [3.63, 3.8) is 0 Å². The predicted molar refractivity (Wildman–Crippen MR) is 108 cm³/mol. The largest absolute Gasteiger partial charge is 0.497 e. The molecule has 0 aliphatic rings. The average Bonchev–Trinajstić information content (AvgIpc) is 2.64. The highest BCUT2D eigenvalue weighted by Crippen LogP contribution is 2.16. The van der Waals surface area contributed by atoms with Gasteiger partial charge in [-0.1, -0.05) is 18.2 Å². The monoisotopic (exact) mass is 370 g/mol. The molecule has 2 rings (SSSR count). The number of carbonyl (C=O) groups excluding carboxylic acids is 1. The maximum atomic E-state index is 12.4. The van der Waals surface area contributed by atoms with Gasteiger partial charge >= 0.3 is 0 Å². The third kappa shape index (κ3) is 6.61. The normalized spacial score (nSPS) is 11.9. The molecule has 0 bridgehead atoms. The molecule has 0 aromatic heterocycles. The number of hydrogen-bond acceptors (Lipinski definition) is 4. The second-order valence-electron chi connectivity index (χ2n) is 6.90. The highest BCUT2D eigenvalue weighted by atomic mass is 16.5. The Bertz CT molecular complexity index is 741. The Labute approximate surface area is 162 Å². The number of carbonyl (C=O) groups is 1. The van der Waals surface area contributed by atoms with Crippen LogP contribution in [0.3, 0.4) is 0 Å². The Morgan fingerprint density at radius 2 is 1.81 bits per heavy atom. The number of benzene rings is 2. The van der Waals surface area contributed by atoms with Crippen LogP contribution in [-0.2, 0) is 11.3 Å². The van der Waals surface area contributed by atoms with Gasteiger partial charge in [0.25, 0.3) is 0 Å². The van der Waals surface area contributed by atoms with Gasteiger partial charge in [-0.3, -0.25) is 9.69 Å². The fourth-order valence-corrected chi connectivity index (χ4v) is 2.84. The minimum atomic E-state index is -0.238. The van der Waals surface area contributed by atoms with Crippen molar-refractivity contribution in [2.45, 2.75) is 33.4 Å². The molecule has 5 heteroatoms. The van der Waals surface area contributed by atoms with Crippen molar-refractivity contribution >= 4 is 5.91 Å². The maximum Gasteiger partial charge on any atom is 0.237 e. The van der Waals surface area contributed by atoms with Crippen molar-refractivity contribution in [2.24, 2.45) is 0 Å². The van der Waals surface area contributed by atoms with Crippen LogP contribution < -0.4 is 14.8 Å². The van der Waals surface area contributed by atoms with Gasteiger partial charge in [0.2, 0.25) is 5.91 Å². The molecule has 1 unspecified atom stereocenters. The van der Waals surface area contributed by atoms with Crippen LogP contribution in [0.5, 0.6) is 11.5 Å². The summed E-state index contributed by atoms with van der Waals surface area (Å²) in [4.78, 5) is 14.4. The molecule has 1 N–H and O–H groups in total. The number of nitrogens with one attached hydrogen (secondary N) is 1. The zero-order valence-electron chi connectivity index (χ0n) is 16.9. The summed E-state index contributed by atoms with van der Waals surface area (Å²) in [5, 5.41) is 2.98. The Morgan fingerprint density at radius 1 is 1.11 bits per heavy atom. The molecule has 2 aromatic rings. The smallest absolute Gasteiger partial charge is 0.237 e. The number of methoxy groups -OCH3 is 1. The summed E-state index contributed by atoms with van der Waals surface area (Å²) >= 11 is 0. The minimum Gasteiger partial charge on any atom is -0.497 e. The van der Waals surface area contributed by atoms with E-state index in [-0.39, 0.29) is 11.9 Å². The topological polar surface area (TPSA) is 50.8 Å². The molecule has 0 spiro atoms. The van der Waals surface area contributed by atoms with Crippen molar-refractivity contribution in [2.75, 3.05) is 27.3 Å². The van der Waals surface area contributed by atoms with Crippen molar-refractivity contribution in [3.8, 4) is 11.5 Å². The van der Waals surface area contributed by atoms with Gasteiger partial charge in [0, 0.05) is 13.1 Å². The van der Waals surface area contributed by atoms with Gasteiger partial charge in [0.15, 0.2) is 0 Å². The quantitative estimate of drug-likeness (QED) is 0.736. The number of nitrogens with zero attached hydrogens (tertiary/aromatic N) is 1. The summed E-state index contributed by atoms with van der Waals surface area (Å²) in [5.41, 5.74) is 3.38. The zero-order valence-corrected chi connectivity index (χ0v) is 16.9. The molecule has 2 aromatic carbocycles. The molecular formula is C22H30N2O3. The van der Waals surface area contributed by atoms with E-state index in [1.807, 2.05) is 55.3 Å². The van der Waals surface area contributed by atoms with E-state index in [0.717, 1.165) is 17.1 Å². The Hall–Kier alpha value is -2.53. The number of amides is 1. The van der Waals surface area contributed by atoms with Gasteiger partial charge < -0.3 is 14.8 Å². The number of aryl methyl sites for hydroxylation is 2. The van der Waals surface area contributed by atoms with Gasteiger partial charge in [-0.2, -0.15) is 0 Å². The molecule has 0 aliphatic carbocycles. The maximum absolute atomic E-state index is 12.4. The molecule has 0 radical (unpaired) electrons.